The molecule has 0 radical (unpaired) electrons. The monoisotopic (exact) mass is 287 g/mol. The molecule has 0 aliphatic rings. The van der Waals surface area contributed by atoms with E-state index in [1.54, 1.807) is 6.07 Å². The molecule has 2 rings (SSSR count). The fourth-order valence-corrected chi connectivity index (χ4v) is 1.70. The van der Waals surface area contributed by atoms with Crippen molar-refractivity contribution < 1.29 is 9.72 Å². The van der Waals surface area contributed by atoms with Crippen molar-refractivity contribution in [1.82, 2.24) is 9.97 Å². The molecule has 1 heterocycles. The summed E-state index contributed by atoms with van der Waals surface area (Å²) in [6, 6.07) is 5.84. The summed E-state index contributed by atoms with van der Waals surface area (Å²) in [4.78, 5) is 30.2. The van der Waals surface area contributed by atoms with Crippen LogP contribution in [0.15, 0.2) is 36.7 Å². The number of nitrogens with zero attached hydrogens (tertiary/aromatic N) is 3. The molecule has 2 aromatic rings. The second-order valence-electron chi connectivity index (χ2n) is 4.05. The van der Waals surface area contributed by atoms with Gasteiger partial charge in [-0.1, -0.05) is 0 Å². The third-order valence-electron chi connectivity index (χ3n) is 2.61. The van der Waals surface area contributed by atoms with Crippen LogP contribution in [0.25, 0.3) is 0 Å². The largest absolute Gasteiger partial charge is 0.380 e. The Hall–Kier alpha value is -3.03. The standard InChI is InChI=1S/C13H13N5O3/c1-2-14-10-5-4-9(8-11(10)18(20)21)12(19)17-13-15-6-3-7-16-13/h3-8,14H,2H2,1H3,(H,15,16,17,19). The highest BCUT2D eigenvalue weighted by atomic mass is 16.6. The zero-order valence-electron chi connectivity index (χ0n) is 11.2. The number of amides is 1. The van der Waals surface area contributed by atoms with E-state index in [2.05, 4.69) is 20.6 Å². The van der Waals surface area contributed by atoms with Gasteiger partial charge < -0.3 is 5.32 Å². The van der Waals surface area contributed by atoms with Gasteiger partial charge in [0, 0.05) is 30.6 Å². The molecule has 2 N–H and O–H groups in total. The van der Waals surface area contributed by atoms with Gasteiger partial charge in [-0.2, -0.15) is 0 Å². The molecule has 21 heavy (non-hydrogen) atoms. The van der Waals surface area contributed by atoms with Gasteiger partial charge in [0.25, 0.3) is 11.6 Å². The van der Waals surface area contributed by atoms with E-state index in [1.807, 2.05) is 6.92 Å². The molecule has 0 bridgehead atoms. The molecule has 1 aromatic heterocycles. The van der Waals surface area contributed by atoms with Crippen LogP contribution in [0.4, 0.5) is 17.3 Å². The summed E-state index contributed by atoms with van der Waals surface area (Å²) in [5.41, 5.74) is 0.379. The smallest absolute Gasteiger partial charge is 0.293 e. The molecule has 0 unspecified atom stereocenters. The van der Waals surface area contributed by atoms with E-state index in [-0.39, 0.29) is 17.2 Å². The minimum atomic E-state index is -0.534. The predicted molar refractivity (Wildman–Crippen MR) is 77.2 cm³/mol. The number of nitrogens with one attached hydrogen (secondary N) is 2. The Bertz CT molecular complexity index is 660. The van der Waals surface area contributed by atoms with Crippen molar-refractivity contribution in [3.05, 3.63) is 52.3 Å². The quantitative estimate of drug-likeness (QED) is 0.643. The van der Waals surface area contributed by atoms with Gasteiger partial charge in [-0.15, -0.1) is 0 Å². The first kappa shape index (κ1) is 14.4. The van der Waals surface area contributed by atoms with E-state index in [0.717, 1.165) is 0 Å². The van der Waals surface area contributed by atoms with E-state index in [4.69, 9.17) is 0 Å². The minimum absolute atomic E-state index is 0.140. The van der Waals surface area contributed by atoms with Crippen LogP contribution in [0.2, 0.25) is 0 Å². The Labute approximate surface area is 120 Å². The van der Waals surface area contributed by atoms with Crippen LogP contribution >= 0.6 is 0 Å². The van der Waals surface area contributed by atoms with E-state index in [1.165, 1.54) is 30.6 Å². The number of carbonyl (C=O) groups excluding carboxylic acids is 1. The third kappa shape index (κ3) is 3.50. The predicted octanol–water partition coefficient (Wildman–Crippen LogP) is 2.07. The highest BCUT2D eigenvalue weighted by molar-refractivity contribution is 6.04. The first-order chi connectivity index (χ1) is 10.1. The van der Waals surface area contributed by atoms with Gasteiger partial charge in [0.1, 0.15) is 5.69 Å². The van der Waals surface area contributed by atoms with Gasteiger partial charge in [0.15, 0.2) is 0 Å². The maximum atomic E-state index is 12.0. The summed E-state index contributed by atoms with van der Waals surface area (Å²) >= 11 is 0. The van der Waals surface area contributed by atoms with E-state index >= 15 is 0 Å². The summed E-state index contributed by atoms with van der Waals surface area (Å²) in [6.07, 6.45) is 2.97. The summed E-state index contributed by atoms with van der Waals surface area (Å²) in [5.74, 6) is -0.367. The van der Waals surface area contributed by atoms with Crippen molar-refractivity contribution >= 4 is 23.2 Å². The molecule has 0 aliphatic carbocycles. The summed E-state index contributed by atoms with van der Waals surface area (Å²) in [7, 11) is 0. The molecule has 0 atom stereocenters. The first-order valence-corrected chi connectivity index (χ1v) is 6.22. The number of hydrogen-bond donors (Lipinski definition) is 2. The number of anilines is 2. The van der Waals surface area contributed by atoms with E-state index in [0.29, 0.717) is 12.2 Å². The van der Waals surface area contributed by atoms with Gasteiger partial charge in [0.05, 0.1) is 4.92 Å². The first-order valence-electron chi connectivity index (χ1n) is 6.22. The number of rotatable bonds is 5. The molecule has 1 aromatic carbocycles. The number of nitro benzene ring substituents is 1. The van der Waals surface area contributed by atoms with Gasteiger partial charge in [0.2, 0.25) is 5.95 Å². The molecule has 8 nitrogen and oxygen atoms in total. The van der Waals surface area contributed by atoms with Crippen molar-refractivity contribution in [2.24, 2.45) is 0 Å². The van der Waals surface area contributed by atoms with Crippen molar-refractivity contribution in [3.63, 3.8) is 0 Å². The second-order valence-corrected chi connectivity index (χ2v) is 4.05. The highest BCUT2D eigenvalue weighted by Gasteiger charge is 2.17. The van der Waals surface area contributed by atoms with E-state index in [9.17, 15) is 14.9 Å². The fourth-order valence-electron chi connectivity index (χ4n) is 1.70. The minimum Gasteiger partial charge on any atom is -0.380 e. The van der Waals surface area contributed by atoms with Crippen LogP contribution in [0.3, 0.4) is 0 Å². The SMILES string of the molecule is CCNc1ccc(C(=O)Nc2ncccn2)cc1[N+](=O)[O-]. The van der Waals surface area contributed by atoms with Crippen LogP contribution in [0.1, 0.15) is 17.3 Å². The van der Waals surface area contributed by atoms with Crippen LogP contribution in [0.5, 0.6) is 0 Å². The molecule has 0 fully saturated rings. The molecule has 0 spiro atoms. The Morgan fingerprint density at radius 1 is 1.33 bits per heavy atom. The van der Waals surface area contributed by atoms with Crippen molar-refractivity contribution in [1.29, 1.82) is 0 Å². The van der Waals surface area contributed by atoms with Crippen molar-refractivity contribution in [2.75, 3.05) is 17.2 Å². The molecular weight excluding hydrogens is 274 g/mol. The molecule has 8 heteroatoms. The Morgan fingerprint density at radius 2 is 2.05 bits per heavy atom. The number of benzene rings is 1. The average molecular weight is 287 g/mol. The van der Waals surface area contributed by atoms with Gasteiger partial charge in [-0.05, 0) is 25.1 Å². The highest BCUT2D eigenvalue weighted by Crippen LogP contribution is 2.25. The Kier molecular flexibility index (Phi) is 4.39. The maximum Gasteiger partial charge on any atom is 0.293 e. The van der Waals surface area contributed by atoms with Crippen molar-refractivity contribution in [3.8, 4) is 0 Å². The Balaban J connectivity index is 2.25. The second kappa shape index (κ2) is 6.42. The van der Waals surface area contributed by atoms with Crippen LogP contribution < -0.4 is 10.6 Å². The zero-order chi connectivity index (χ0) is 15.2. The van der Waals surface area contributed by atoms with Gasteiger partial charge >= 0.3 is 0 Å². The lowest BCUT2D eigenvalue weighted by Gasteiger charge is -2.07. The Morgan fingerprint density at radius 3 is 2.67 bits per heavy atom. The van der Waals surface area contributed by atoms with Crippen LogP contribution in [0, 0.1) is 10.1 Å². The molecule has 0 saturated carbocycles. The fraction of sp³-hybridized carbons (Fsp3) is 0.154. The normalized spacial score (nSPS) is 9.95. The summed E-state index contributed by atoms with van der Waals surface area (Å²) < 4.78 is 0. The van der Waals surface area contributed by atoms with Gasteiger partial charge in [-0.25, -0.2) is 9.97 Å². The maximum absolute atomic E-state index is 12.0. The topological polar surface area (TPSA) is 110 Å². The van der Waals surface area contributed by atoms with E-state index < -0.39 is 10.8 Å². The zero-order valence-corrected chi connectivity index (χ0v) is 11.2. The molecule has 0 aliphatic heterocycles. The summed E-state index contributed by atoms with van der Waals surface area (Å²) in [6.45, 7) is 2.38. The van der Waals surface area contributed by atoms with Crippen molar-refractivity contribution in [2.45, 2.75) is 6.92 Å². The van der Waals surface area contributed by atoms with Gasteiger partial charge in [-0.3, -0.25) is 20.2 Å². The number of aromatic nitrogens is 2. The molecular formula is C13H13N5O3. The lowest BCUT2D eigenvalue weighted by atomic mass is 10.1. The number of carbonyl (C=O) groups is 1. The molecule has 0 saturated heterocycles. The van der Waals surface area contributed by atoms with Crippen LogP contribution in [-0.2, 0) is 0 Å². The molecule has 1 amide bonds. The lowest BCUT2D eigenvalue weighted by molar-refractivity contribution is -0.384. The third-order valence-corrected chi connectivity index (χ3v) is 2.61. The number of nitro groups is 1. The molecule has 108 valence electrons. The summed E-state index contributed by atoms with van der Waals surface area (Å²) in [5, 5.41) is 16.4. The average Bonchev–Trinajstić information content (AvgIpc) is 2.48. The van der Waals surface area contributed by atoms with Crippen LogP contribution in [-0.4, -0.2) is 27.3 Å². The lowest BCUT2D eigenvalue weighted by Crippen LogP contribution is -2.14. The number of hydrogen-bond acceptors (Lipinski definition) is 6.